The first-order valence-corrected chi connectivity index (χ1v) is 9.26. The topological polar surface area (TPSA) is 68.2 Å². The predicted octanol–water partition coefficient (Wildman–Crippen LogP) is 2.80. The summed E-state index contributed by atoms with van der Waals surface area (Å²) in [7, 11) is 1.70. The lowest BCUT2D eigenvalue weighted by molar-refractivity contribution is 0.0511. The number of carbonyl (C=O) groups excluding carboxylic acids is 1. The number of halogens is 2. The second-order valence-corrected chi connectivity index (χ2v) is 7.30. The van der Waals surface area contributed by atoms with Crippen LogP contribution in [-0.2, 0) is 4.74 Å². The minimum atomic E-state index is -0.302. The van der Waals surface area contributed by atoms with E-state index in [0.717, 1.165) is 37.3 Å². The van der Waals surface area contributed by atoms with Crippen molar-refractivity contribution in [1.29, 1.82) is 0 Å². The molecule has 0 radical (unpaired) electrons. The Morgan fingerprint density at radius 3 is 2.54 bits per heavy atom. The zero-order chi connectivity index (χ0) is 19.4. The van der Waals surface area contributed by atoms with Gasteiger partial charge in [-0.3, -0.25) is 4.79 Å². The number of carbonyl (C=O) groups is 1. The molecule has 8 heteroatoms. The summed E-state index contributed by atoms with van der Waals surface area (Å²) in [6.45, 7) is 6.73. The van der Waals surface area contributed by atoms with Crippen molar-refractivity contribution in [3.05, 3.63) is 47.0 Å². The Bertz CT molecular complexity index is 796. The molecule has 1 fully saturated rings. The number of hydrogen-bond donors (Lipinski definition) is 2. The number of piperidine rings is 1. The van der Waals surface area contributed by atoms with Crippen LogP contribution in [0.3, 0.4) is 0 Å². The number of rotatable bonds is 6. The maximum atomic E-state index is 13.2. The van der Waals surface area contributed by atoms with Crippen LogP contribution in [0.5, 0.6) is 0 Å². The van der Waals surface area contributed by atoms with Crippen molar-refractivity contribution >= 4 is 18.3 Å². The number of hydrogen-bond acceptors (Lipinski definition) is 4. The third kappa shape index (κ3) is 4.71. The smallest absolute Gasteiger partial charge is 0.255 e. The first kappa shape index (κ1) is 22.3. The van der Waals surface area contributed by atoms with Gasteiger partial charge in [-0.2, -0.15) is 5.10 Å². The van der Waals surface area contributed by atoms with Gasteiger partial charge in [-0.1, -0.05) is 0 Å². The molecule has 1 aromatic heterocycles. The molecule has 0 bridgehead atoms. The second-order valence-electron chi connectivity index (χ2n) is 7.30. The highest BCUT2D eigenvalue weighted by Gasteiger charge is 2.33. The van der Waals surface area contributed by atoms with Gasteiger partial charge < -0.3 is 15.4 Å². The van der Waals surface area contributed by atoms with Crippen LogP contribution in [-0.4, -0.2) is 49.0 Å². The quantitative estimate of drug-likeness (QED) is 0.768. The molecule has 0 aliphatic carbocycles. The molecule has 0 saturated carbocycles. The van der Waals surface area contributed by atoms with Gasteiger partial charge in [0.1, 0.15) is 5.82 Å². The van der Waals surface area contributed by atoms with Gasteiger partial charge >= 0.3 is 0 Å². The van der Waals surface area contributed by atoms with E-state index in [1.54, 1.807) is 23.9 Å². The van der Waals surface area contributed by atoms with E-state index < -0.39 is 0 Å². The number of methoxy groups -OCH3 is 1. The molecule has 1 saturated heterocycles. The van der Waals surface area contributed by atoms with Gasteiger partial charge in [0.15, 0.2) is 0 Å². The van der Waals surface area contributed by atoms with Crippen molar-refractivity contribution in [2.75, 3.05) is 33.4 Å². The third-order valence-electron chi connectivity index (χ3n) is 5.33. The van der Waals surface area contributed by atoms with Crippen molar-refractivity contribution in [2.45, 2.75) is 26.7 Å². The van der Waals surface area contributed by atoms with E-state index in [0.29, 0.717) is 24.4 Å². The molecule has 2 aromatic rings. The number of amides is 1. The fourth-order valence-corrected chi connectivity index (χ4v) is 3.80. The highest BCUT2D eigenvalue weighted by Crippen LogP contribution is 2.28. The highest BCUT2D eigenvalue weighted by atomic mass is 35.5. The van der Waals surface area contributed by atoms with Crippen LogP contribution in [0.2, 0.25) is 0 Å². The molecule has 0 atom stereocenters. The summed E-state index contributed by atoms with van der Waals surface area (Å²) in [6, 6.07) is 6.08. The SMILES string of the molecule is COCC1(CNC(=O)c2c(C)nn(-c3ccc(F)cc3)c2C)CCNCC1.Cl. The van der Waals surface area contributed by atoms with Crippen LogP contribution in [0.25, 0.3) is 5.69 Å². The third-order valence-corrected chi connectivity index (χ3v) is 5.33. The Morgan fingerprint density at radius 1 is 1.29 bits per heavy atom. The Hall–Kier alpha value is -1.96. The number of nitrogens with zero attached hydrogens (tertiary/aromatic N) is 2. The van der Waals surface area contributed by atoms with E-state index in [1.165, 1.54) is 12.1 Å². The van der Waals surface area contributed by atoms with E-state index in [-0.39, 0.29) is 29.5 Å². The maximum Gasteiger partial charge on any atom is 0.255 e. The molecule has 154 valence electrons. The number of ether oxygens (including phenoxy) is 1. The summed E-state index contributed by atoms with van der Waals surface area (Å²) >= 11 is 0. The summed E-state index contributed by atoms with van der Waals surface area (Å²) in [5.41, 5.74) is 2.65. The van der Waals surface area contributed by atoms with Gasteiger partial charge in [0, 0.05) is 19.1 Å². The van der Waals surface area contributed by atoms with Gasteiger partial charge in [-0.25, -0.2) is 9.07 Å². The number of aryl methyl sites for hydroxylation is 1. The van der Waals surface area contributed by atoms with Gasteiger partial charge in [0.2, 0.25) is 0 Å². The summed E-state index contributed by atoms with van der Waals surface area (Å²) in [5, 5.41) is 10.9. The first-order chi connectivity index (χ1) is 13.0. The number of benzene rings is 1. The van der Waals surface area contributed by atoms with Crippen molar-refractivity contribution < 1.29 is 13.9 Å². The Balaban J connectivity index is 0.00000280. The zero-order valence-electron chi connectivity index (χ0n) is 16.5. The molecule has 1 aromatic carbocycles. The van der Waals surface area contributed by atoms with Crippen LogP contribution >= 0.6 is 12.4 Å². The van der Waals surface area contributed by atoms with Crippen molar-refractivity contribution in [3.8, 4) is 5.69 Å². The molecule has 0 spiro atoms. The van der Waals surface area contributed by atoms with Crippen molar-refractivity contribution in [2.24, 2.45) is 5.41 Å². The van der Waals surface area contributed by atoms with E-state index >= 15 is 0 Å². The summed E-state index contributed by atoms with van der Waals surface area (Å²) in [6.07, 6.45) is 1.93. The van der Waals surface area contributed by atoms with Crippen LogP contribution < -0.4 is 10.6 Å². The van der Waals surface area contributed by atoms with Crippen LogP contribution in [0.1, 0.15) is 34.6 Å². The zero-order valence-corrected chi connectivity index (χ0v) is 17.4. The molecule has 0 unspecified atom stereocenters. The first-order valence-electron chi connectivity index (χ1n) is 9.26. The predicted molar refractivity (Wildman–Crippen MR) is 109 cm³/mol. The van der Waals surface area contributed by atoms with E-state index in [1.807, 2.05) is 13.8 Å². The molecule has 6 nitrogen and oxygen atoms in total. The summed E-state index contributed by atoms with van der Waals surface area (Å²) < 4.78 is 20.3. The molecular formula is C20H28ClFN4O2. The molecule has 2 heterocycles. The molecular weight excluding hydrogens is 383 g/mol. The Kier molecular flexibility index (Phi) is 7.57. The lowest BCUT2D eigenvalue weighted by atomic mass is 9.79. The molecule has 28 heavy (non-hydrogen) atoms. The van der Waals surface area contributed by atoms with Crippen LogP contribution in [0.15, 0.2) is 24.3 Å². The monoisotopic (exact) mass is 410 g/mol. The summed E-state index contributed by atoms with van der Waals surface area (Å²) in [5.74, 6) is -0.434. The molecule has 2 N–H and O–H groups in total. The van der Waals surface area contributed by atoms with Gasteiger partial charge in [-0.05, 0) is 64.0 Å². The fraction of sp³-hybridized carbons (Fsp3) is 0.500. The van der Waals surface area contributed by atoms with E-state index in [9.17, 15) is 9.18 Å². The van der Waals surface area contributed by atoms with Crippen LogP contribution in [0, 0.1) is 25.1 Å². The fourth-order valence-electron chi connectivity index (χ4n) is 3.80. The second kappa shape index (κ2) is 9.49. The molecule has 3 rings (SSSR count). The maximum absolute atomic E-state index is 13.2. The minimum Gasteiger partial charge on any atom is -0.384 e. The lowest BCUT2D eigenvalue weighted by Crippen LogP contribution is -2.47. The normalized spacial score (nSPS) is 15.7. The number of aromatic nitrogens is 2. The van der Waals surface area contributed by atoms with Gasteiger partial charge in [-0.15, -0.1) is 12.4 Å². The highest BCUT2D eigenvalue weighted by molar-refractivity contribution is 5.96. The molecule has 1 amide bonds. The van der Waals surface area contributed by atoms with Gasteiger partial charge in [0.25, 0.3) is 5.91 Å². The molecule has 1 aliphatic rings. The van der Waals surface area contributed by atoms with Crippen LogP contribution in [0.4, 0.5) is 4.39 Å². The van der Waals surface area contributed by atoms with E-state index in [4.69, 9.17) is 4.74 Å². The average Bonchev–Trinajstić information content (AvgIpc) is 2.96. The minimum absolute atomic E-state index is 0. The van der Waals surface area contributed by atoms with E-state index in [2.05, 4.69) is 15.7 Å². The molecule has 1 aliphatic heterocycles. The standard InChI is InChI=1S/C20H27FN4O2.ClH/c1-14-18(15(2)25(24-14)17-6-4-16(21)5-7-17)19(26)23-12-20(13-27-3)8-10-22-11-9-20;/h4-7,22H,8-13H2,1-3H3,(H,23,26);1H. The summed E-state index contributed by atoms with van der Waals surface area (Å²) in [4.78, 5) is 12.9. The Morgan fingerprint density at radius 2 is 1.93 bits per heavy atom. The Labute approximate surface area is 171 Å². The lowest BCUT2D eigenvalue weighted by Gasteiger charge is -2.37. The van der Waals surface area contributed by atoms with Gasteiger partial charge in [0.05, 0.1) is 29.2 Å². The largest absolute Gasteiger partial charge is 0.384 e. The number of nitrogens with one attached hydrogen (secondary N) is 2. The van der Waals surface area contributed by atoms with Crippen molar-refractivity contribution in [3.63, 3.8) is 0 Å². The van der Waals surface area contributed by atoms with Crippen molar-refractivity contribution in [1.82, 2.24) is 20.4 Å². The average molecular weight is 411 g/mol.